The van der Waals surface area contributed by atoms with E-state index < -0.39 is 9.84 Å². The fraction of sp³-hybridized carbons (Fsp3) is 1.00. The van der Waals surface area contributed by atoms with E-state index in [1.54, 1.807) is 0 Å². The fourth-order valence-corrected chi connectivity index (χ4v) is 2.93. The maximum atomic E-state index is 11.3. The Kier molecular flexibility index (Phi) is 10.5. The third kappa shape index (κ3) is 10.7. The van der Waals surface area contributed by atoms with Crippen LogP contribution in [0.25, 0.3) is 0 Å². The summed E-state index contributed by atoms with van der Waals surface area (Å²) < 4.78 is 22.7. The van der Waals surface area contributed by atoms with E-state index >= 15 is 0 Å². The van der Waals surface area contributed by atoms with Gasteiger partial charge in [0.05, 0.1) is 5.75 Å². The highest BCUT2D eigenvalue weighted by Gasteiger charge is 2.07. The predicted molar refractivity (Wildman–Crippen MR) is 71.0 cm³/mol. The molecule has 0 aliphatic rings. The van der Waals surface area contributed by atoms with Gasteiger partial charge in [0.1, 0.15) is 0 Å². The number of sulfone groups is 1. The molecule has 0 spiro atoms. The average molecular weight is 270 g/mol. The van der Waals surface area contributed by atoms with Crippen molar-refractivity contribution in [2.75, 3.05) is 30.5 Å². The molecule has 0 amide bonds. The normalized spacial score (nSPS) is 11.9. The van der Waals surface area contributed by atoms with E-state index in [0.717, 1.165) is 25.3 Å². The lowest BCUT2D eigenvalue weighted by atomic mass is 10.2. The Hall–Kier alpha value is 0.200. The topological polar surface area (TPSA) is 46.2 Å². The standard InChI is InChI=1S/C11H24ClNO2S/c1-2-10-16(14,15)11-9-13-8-6-4-3-5-7-12/h13H,2-11H2,1H3. The van der Waals surface area contributed by atoms with Gasteiger partial charge in [0.2, 0.25) is 0 Å². The van der Waals surface area contributed by atoms with E-state index in [-0.39, 0.29) is 5.75 Å². The van der Waals surface area contributed by atoms with Gasteiger partial charge in [0.15, 0.2) is 9.84 Å². The van der Waals surface area contributed by atoms with Crippen LogP contribution < -0.4 is 5.32 Å². The Morgan fingerprint density at radius 3 is 2.31 bits per heavy atom. The molecule has 0 aromatic rings. The molecule has 5 heteroatoms. The van der Waals surface area contributed by atoms with E-state index in [1.165, 1.54) is 12.8 Å². The molecular formula is C11H24ClNO2S. The van der Waals surface area contributed by atoms with Crippen LogP contribution in [0.1, 0.15) is 39.0 Å². The number of nitrogens with one attached hydrogen (secondary N) is 1. The number of hydrogen-bond donors (Lipinski definition) is 1. The minimum atomic E-state index is -2.81. The molecule has 0 saturated carbocycles. The summed E-state index contributed by atoms with van der Waals surface area (Å²) in [7, 11) is -2.81. The first-order chi connectivity index (χ1) is 7.62. The SMILES string of the molecule is CCCS(=O)(=O)CCNCCCCCCCl. The Labute approximate surface area is 105 Å². The predicted octanol–water partition coefficient (Wildman–Crippen LogP) is 2.20. The second-order valence-electron chi connectivity index (χ2n) is 4.01. The minimum absolute atomic E-state index is 0.266. The molecule has 0 rings (SSSR count). The molecular weight excluding hydrogens is 246 g/mol. The minimum Gasteiger partial charge on any atom is -0.316 e. The van der Waals surface area contributed by atoms with Crippen LogP contribution in [0.3, 0.4) is 0 Å². The highest BCUT2D eigenvalue weighted by atomic mass is 35.5. The molecule has 0 heterocycles. The third-order valence-corrected chi connectivity index (χ3v) is 4.47. The molecule has 0 aliphatic carbocycles. The van der Waals surface area contributed by atoms with Gasteiger partial charge in [-0.1, -0.05) is 19.8 Å². The van der Waals surface area contributed by atoms with Gasteiger partial charge in [-0.15, -0.1) is 11.6 Å². The molecule has 0 unspecified atom stereocenters. The van der Waals surface area contributed by atoms with Crippen molar-refractivity contribution < 1.29 is 8.42 Å². The zero-order valence-electron chi connectivity index (χ0n) is 10.2. The molecule has 0 aromatic carbocycles. The van der Waals surface area contributed by atoms with Crippen molar-refractivity contribution in [3.63, 3.8) is 0 Å². The maximum absolute atomic E-state index is 11.3. The van der Waals surface area contributed by atoms with Gasteiger partial charge in [-0.3, -0.25) is 0 Å². The van der Waals surface area contributed by atoms with Gasteiger partial charge in [-0.05, 0) is 25.8 Å². The number of rotatable bonds is 11. The fourth-order valence-electron chi connectivity index (χ4n) is 1.46. The highest BCUT2D eigenvalue weighted by Crippen LogP contribution is 1.99. The quantitative estimate of drug-likeness (QED) is 0.462. The van der Waals surface area contributed by atoms with Crippen LogP contribution in [0.4, 0.5) is 0 Å². The number of halogens is 1. The van der Waals surface area contributed by atoms with Crippen LogP contribution in [0, 0.1) is 0 Å². The van der Waals surface area contributed by atoms with Gasteiger partial charge in [0.25, 0.3) is 0 Å². The van der Waals surface area contributed by atoms with Crippen molar-refractivity contribution in [1.29, 1.82) is 0 Å². The lowest BCUT2D eigenvalue weighted by Gasteiger charge is -2.05. The summed E-state index contributed by atoms with van der Waals surface area (Å²) >= 11 is 5.56. The zero-order valence-corrected chi connectivity index (χ0v) is 11.7. The smallest absolute Gasteiger partial charge is 0.151 e. The van der Waals surface area contributed by atoms with E-state index in [4.69, 9.17) is 11.6 Å². The third-order valence-electron chi connectivity index (χ3n) is 2.34. The van der Waals surface area contributed by atoms with Crippen molar-refractivity contribution in [3.05, 3.63) is 0 Å². The van der Waals surface area contributed by atoms with E-state index in [9.17, 15) is 8.42 Å². The van der Waals surface area contributed by atoms with Gasteiger partial charge in [0, 0.05) is 18.2 Å². The molecule has 0 saturated heterocycles. The molecule has 0 aliphatic heterocycles. The first kappa shape index (κ1) is 16.2. The summed E-state index contributed by atoms with van der Waals surface area (Å²) in [5, 5.41) is 3.16. The monoisotopic (exact) mass is 269 g/mol. The highest BCUT2D eigenvalue weighted by molar-refractivity contribution is 7.91. The number of alkyl halides is 1. The Morgan fingerprint density at radius 2 is 1.69 bits per heavy atom. The van der Waals surface area contributed by atoms with E-state index in [0.29, 0.717) is 18.7 Å². The second kappa shape index (κ2) is 10.4. The largest absolute Gasteiger partial charge is 0.316 e. The summed E-state index contributed by atoms with van der Waals surface area (Å²) in [6.45, 7) is 3.38. The van der Waals surface area contributed by atoms with Crippen LogP contribution >= 0.6 is 11.6 Å². The molecule has 98 valence electrons. The molecule has 0 fully saturated rings. The summed E-state index contributed by atoms with van der Waals surface area (Å²) in [6, 6.07) is 0. The number of unbranched alkanes of at least 4 members (excludes halogenated alkanes) is 3. The molecule has 1 N–H and O–H groups in total. The lowest BCUT2D eigenvalue weighted by Crippen LogP contribution is -2.25. The van der Waals surface area contributed by atoms with Crippen LogP contribution in [-0.4, -0.2) is 38.9 Å². The summed E-state index contributed by atoms with van der Waals surface area (Å²) in [5.41, 5.74) is 0. The Balaban J connectivity index is 3.27. The van der Waals surface area contributed by atoms with Gasteiger partial charge < -0.3 is 5.32 Å². The van der Waals surface area contributed by atoms with Crippen molar-refractivity contribution in [3.8, 4) is 0 Å². The zero-order chi connectivity index (χ0) is 12.3. The van der Waals surface area contributed by atoms with Crippen molar-refractivity contribution in [2.24, 2.45) is 0 Å². The molecule has 0 atom stereocenters. The van der Waals surface area contributed by atoms with Crippen LogP contribution in [0.5, 0.6) is 0 Å². The summed E-state index contributed by atoms with van der Waals surface area (Å²) in [4.78, 5) is 0. The summed E-state index contributed by atoms with van der Waals surface area (Å²) in [6.07, 6.45) is 5.22. The Bertz CT molecular complexity index is 242. The molecule has 16 heavy (non-hydrogen) atoms. The maximum Gasteiger partial charge on any atom is 0.151 e. The van der Waals surface area contributed by atoms with Crippen LogP contribution in [0.15, 0.2) is 0 Å². The number of hydrogen-bond acceptors (Lipinski definition) is 3. The van der Waals surface area contributed by atoms with E-state index in [1.807, 2.05) is 6.92 Å². The van der Waals surface area contributed by atoms with Gasteiger partial charge in [-0.25, -0.2) is 8.42 Å². The second-order valence-corrected chi connectivity index (χ2v) is 6.69. The first-order valence-electron chi connectivity index (χ1n) is 6.09. The molecule has 3 nitrogen and oxygen atoms in total. The first-order valence-corrected chi connectivity index (χ1v) is 8.45. The van der Waals surface area contributed by atoms with Crippen molar-refractivity contribution in [1.82, 2.24) is 5.32 Å². The van der Waals surface area contributed by atoms with Gasteiger partial charge in [-0.2, -0.15) is 0 Å². The van der Waals surface area contributed by atoms with Crippen LogP contribution in [-0.2, 0) is 9.84 Å². The van der Waals surface area contributed by atoms with Crippen molar-refractivity contribution >= 4 is 21.4 Å². The van der Waals surface area contributed by atoms with Crippen LogP contribution in [0.2, 0.25) is 0 Å². The lowest BCUT2D eigenvalue weighted by molar-refractivity contribution is 0.582. The summed E-state index contributed by atoms with van der Waals surface area (Å²) in [5.74, 6) is 1.32. The molecule has 0 aromatic heterocycles. The average Bonchev–Trinajstić information content (AvgIpc) is 2.22. The van der Waals surface area contributed by atoms with Crippen molar-refractivity contribution in [2.45, 2.75) is 39.0 Å². The van der Waals surface area contributed by atoms with E-state index in [2.05, 4.69) is 5.32 Å². The molecule has 0 radical (unpaired) electrons. The van der Waals surface area contributed by atoms with Gasteiger partial charge >= 0.3 is 0 Å². The molecule has 0 bridgehead atoms. The Morgan fingerprint density at radius 1 is 1.00 bits per heavy atom.